The normalized spacial score (nSPS) is 8.53. The van der Waals surface area contributed by atoms with Gasteiger partial charge in [0.1, 0.15) is 0 Å². The standard InChI is InChI=1S/C6H8N2O6.CH3.2Y/c1-8-3(10)6(2(7)9,4(11)12)5(13)14;;;/h1H3,(H5,7,8,9,10,11,12,13,14);1H3;;/q;-1;;/p-1. The molecule has 4 N–H and O–H groups in total. The number of carboxylic acids is 2. The molecule has 8 nitrogen and oxygen atoms in total. The molecule has 2 amide bonds. The van der Waals surface area contributed by atoms with Crippen molar-refractivity contribution in [2.45, 2.75) is 0 Å². The van der Waals surface area contributed by atoms with Crippen LogP contribution in [0.5, 0.6) is 0 Å². The Balaban J connectivity index is -0.000000282. The smallest absolute Gasteiger partial charge is 0.336 e. The van der Waals surface area contributed by atoms with E-state index in [1.165, 1.54) is 0 Å². The zero-order valence-corrected chi connectivity index (χ0v) is 14.9. The van der Waals surface area contributed by atoms with Crippen LogP contribution in [0, 0.1) is 12.8 Å². The molecule has 0 aliphatic rings. The molecule has 0 unspecified atom stereocenters. The number of rotatable bonds is 4. The molecule has 0 saturated heterocycles. The Morgan fingerprint density at radius 1 is 1.06 bits per heavy atom. The van der Waals surface area contributed by atoms with Gasteiger partial charge in [-0.05, 0) is 0 Å². The number of aliphatic carboxylic acids is 2. The Hall–Kier alpha value is 0.0878. The molecular weight excluding hydrogens is 386 g/mol. The number of hydrogen-bond donors (Lipinski definition) is 3. The van der Waals surface area contributed by atoms with Crippen LogP contribution in [0.2, 0.25) is 0 Å². The summed E-state index contributed by atoms with van der Waals surface area (Å²) in [5, 5.41) is 18.7. The molecule has 0 aliphatic carbocycles. The zero-order chi connectivity index (χ0) is 11.5. The fourth-order valence-corrected chi connectivity index (χ4v) is 0.771. The first-order valence-electron chi connectivity index (χ1n) is 3.26. The van der Waals surface area contributed by atoms with Gasteiger partial charge in [-0.15, -0.1) is 0 Å². The molecule has 0 aromatic carbocycles. The van der Waals surface area contributed by atoms with Crippen molar-refractivity contribution in [1.29, 1.82) is 0 Å². The second-order valence-electron chi connectivity index (χ2n) is 2.27. The average Bonchev–Trinajstić information content (AvgIpc) is 2.02. The van der Waals surface area contributed by atoms with Gasteiger partial charge in [-0.1, -0.05) is 0 Å². The fraction of sp³-hybridized carbons (Fsp3) is 0.286. The van der Waals surface area contributed by atoms with E-state index < -0.39 is 29.2 Å². The monoisotopic (exact) mass is 396 g/mol. The second-order valence-corrected chi connectivity index (χ2v) is 2.27. The fourth-order valence-electron chi connectivity index (χ4n) is 0.771. The third kappa shape index (κ3) is 4.69. The van der Waals surface area contributed by atoms with Crippen molar-refractivity contribution in [3.63, 3.8) is 0 Å². The molecule has 0 rings (SSSR count). The maximum Gasteiger partial charge on any atom is 0.336 e. The molecule has 0 saturated carbocycles. The largest absolute Gasteiger partial charge is 0.666 e. The summed E-state index contributed by atoms with van der Waals surface area (Å²) in [6, 6.07) is 0. The molecule has 92 valence electrons. The predicted octanol–water partition coefficient (Wildman–Crippen LogP) is -1.09. The molecule has 0 heterocycles. The van der Waals surface area contributed by atoms with Gasteiger partial charge in [-0.3, -0.25) is 4.79 Å². The molecule has 0 aromatic heterocycles. The van der Waals surface area contributed by atoms with Crippen molar-refractivity contribution in [2.24, 2.45) is 5.41 Å². The van der Waals surface area contributed by atoms with Crippen LogP contribution < -0.4 is 5.32 Å². The van der Waals surface area contributed by atoms with Crippen molar-refractivity contribution in [1.82, 2.24) is 5.32 Å². The second kappa shape index (κ2) is 10.1. The molecule has 0 spiro atoms. The van der Waals surface area contributed by atoms with E-state index in [9.17, 15) is 19.2 Å². The molecule has 0 bridgehead atoms. The minimum absolute atomic E-state index is 0. The molecule has 0 aromatic rings. The van der Waals surface area contributed by atoms with E-state index in [0.717, 1.165) is 7.05 Å². The number of nitrogens with one attached hydrogen (secondary N) is 2. The third-order valence-electron chi connectivity index (χ3n) is 1.55. The number of amides is 2. The summed E-state index contributed by atoms with van der Waals surface area (Å²) < 4.78 is 0. The van der Waals surface area contributed by atoms with Crippen molar-refractivity contribution < 1.29 is 94.8 Å². The SMILES string of the molecule is CNC(=O)C(C([NH-])=O)(C(=O)O)C(=O)O.[CH3-].[Y].[Y]. The first kappa shape index (κ1) is 25.8. The van der Waals surface area contributed by atoms with E-state index in [2.05, 4.69) is 0 Å². The number of hydrogen-bond acceptors (Lipinski definition) is 4. The topological polar surface area (TPSA) is 145 Å². The summed E-state index contributed by atoms with van der Waals surface area (Å²) in [4.78, 5) is 42.6. The van der Waals surface area contributed by atoms with Crippen LogP contribution in [0.25, 0.3) is 5.73 Å². The van der Waals surface area contributed by atoms with Crippen LogP contribution in [-0.4, -0.2) is 41.0 Å². The minimum atomic E-state index is -3.38. The Labute approximate surface area is 148 Å². The summed E-state index contributed by atoms with van der Waals surface area (Å²) in [5.41, 5.74) is 3.14. The van der Waals surface area contributed by atoms with Crippen LogP contribution in [0.3, 0.4) is 0 Å². The van der Waals surface area contributed by atoms with Gasteiger partial charge in [0.05, 0.1) is 5.91 Å². The van der Waals surface area contributed by atoms with Gasteiger partial charge in [-0.25, -0.2) is 9.59 Å². The minimum Gasteiger partial charge on any atom is -0.666 e. The van der Waals surface area contributed by atoms with Crippen molar-refractivity contribution in [3.05, 3.63) is 13.2 Å². The summed E-state index contributed by atoms with van der Waals surface area (Å²) in [5.74, 6) is -7.94. The molecule has 0 aliphatic heterocycles. The Morgan fingerprint density at radius 2 is 1.35 bits per heavy atom. The van der Waals surface area contributed by atoms with Gasteiger partial charge in [0, 0.05) is 72.5 Å². The van der Waals surface area contributed by atoms with Gasteiger partial charge >= 0.3 is 11.9 Å². The average molecular weight is 396 g/mol. The van der Waals surface area contributed by atoms with E-state index >= 15 is 0 Å². The molecule has 17 heavy (non-hydrogen) atoms. The van der Waals surface area contributed by atoms with E-state index in [-0.39, 0.29) is 72.8 Å². The van der Waals surface area contributed by atoms with Crippen LogP contribution in [0.1, 0.15) is 0 Å². The van der Waals surface area contributed by atoms with E-state index in [4.69, 9.17) is 15.9 Å². The number of carbonyl (C=O) groups excluding carboxylic acids is 2. The predicted molar refractivity (Wildman–Crippen MR) is 47.5 cm³/mol. The molecular formula is C7H10N2O6Y2-2. The Morgan fingerprint density at radius 3 is 1.41 bits per heavy atom. The van der Waals surface area contributed by atoms with Crippen LogP contribution in [0.15, 0.2) is 0 Å². The molecule has 0 fully saturated rings. The Kier molecular flexibility index (Phi) is 15.3. The van der Waals surface area contributed by atoms with Crippen LogP contribution in [0.4, 0.5) is 0 Å². The Bertz CT molecular complexity index is 283. The first-order chi connectivity index (χ1) is 6.31. The summed E-state index contributed by atoms with van der Waals surface area (Å²) >= 11 is 0. The van der Waals surface area contributed by atoms with Crippen molar-refractivity contribution in [3.8, 4) is 0 Å². The number of carboxylic acid groups (broad SMARTS) is 2. The van der Waals surface area contributed by atoms with Gasteiger partial charge < -0.3 is 33.5 Å². The maximum atomic E-state index is 10.9. The van der Waals surface area contributed by atoms with E-state index in [0.29, 0.717) is 0 Å². The first-order valence-corrected chi connectivity index (χ1v) is 3.26. The van der Waals surface area contributed by atoms with Gasteiger partial charge in [0.25, 0.3) is 11.3 Å². The maximum absolute atomic E-state index is 10.9. The third-order valence-corrected chi connectivity index (χ3v) is 1.55. The zero-order valence-electron chi connectivity index (χ0n) is 9.18. The van der Waals surface area contributed by atoms with Gasteiger partial charge in [0.15, 0.2) is 0 Å². The van der Waals surface area contributed by atoms with Crippen molar-refractivity contribution in [2.75, 3.05) is 7.05 Å². The summed E-state index contributed by atoms with van der Waals surface area (Å²) in [7, 11) is 0.964. The molecule has 10 heteroatoms. The van der Waals surface area contributed by atoms with Crippen molar-refractivity contribution >= 4 is 23.8 Å². The number of carbonyl (C=O) groups is 4. The molecule has 2 radical (unpaired) electrons. The van der Waals surface area contributed by atoms with Gasteiger partial charge in [-0.2, -0.15) is 0 Å². The van der Waals surface area contributed by atoms with Gasteiger partial charge in [0.2, 0.25) is 0 Å². The van der Waals surface area contributed by atoms with Crippen LogP contribution in [-0.2, 0) is 84.6 Å². The van der Waals surface area contributed by atoms with E-state index in [1.807, 2.05) is 0 Å². The summed E-state index contributed by atoms with van der Waals surface area (Å²) in [6.07, 6.45) is 0. The summed E-state index contributed by atoms with van der Waals surface area (Å²) in [6.45, 7) is 0. The quantitative estimate of drug-likeness (QED) is 0.407. The van der Waals surface area contributed by atoms with Crippen LogP contribution >= 0.6 is 0 Å². The molecule has 0 atom stereocenters. The van der Waals surface area contributed by atoms with E-state index in [1.54, 1.807) is 5.32 Å².